The van der Waals surface area contributed by atoms with Crippen LogP contribution >= 0.6 is 0 Å². The molecule has 0 saturated heterocycles. The maximum atomic E-state index is 12.4. The Bertz CT molecular complexity index is 1300. The number of hydrogen-bond acceptors (Lipinski definition) is 5. The number of fused-ring (bicyclic) bond motifs is 1. The molecule has 7 nitrogen and oxygen atoms in total. The Labute approximate surface area is 184 Å². The molecule has 0 saturated carbocycles. The van der Waals surface area contributed by atoms with Crippen molar-refractivity contribution in [3.05, 3.63) is 118 Å². The summed E-state index contributed by atoms with van der Waals surface area (Å²) in [5.74, 6) is 0.269. The van der Waals surface area contributed by atoms with Crippen LogP contribution in [-0.4, -0.2) is 17.0 Å². The Morgan fingerprint density at radius 1 is 0.938 bits per heavy atom. The summed E-state index contributed by atoms with van der Waals surface area (Å²) in [4.78, 5) is 22.8. The molecular formula is C25H19N3O4. The van der Waals surface area contributed by atoms with Crippen molar-refractivity contribution in [2.45, 2.75) is 6.61 Å². The number of amides is 1. The van der Waals surface area contributed by atoms with E-state index in [0.717, 1.165) is 16.3 Å². The molecule has 0 spiro atoms. The summed E-state index contributed by atoms with van der Waals surface area (Å²) < 4.78 is 5.84. The van der Waals surface area contributed by atoms with E-state index < -0.39 is 4.92 Å². The quantitative estimate of drug-likeness (QED) is 0.253. The first-order valence-corrected chi connectivity index (χ1v) is 9.87. The molecule has 158 valence electrons. The number of nitrogens with zero attached hydrogens (tertiary/aromatic N) is 2. The third-order valence-corrected chi connectivity index (χ3v) is 4.84. The molecule has 0 aliphatic heterocycles. The Hall–Kier alpha value is -4.52. The van der Waals surface area contributed by atoms with Crippen molar-refractivity contribution in [3.8, 4) is 5.75 Å². The van der Waals surface area contributed by atoms with Crippen molar-refractivity contribution in [2.75, 3.05) is 0 Å². The number of nitrogens with one attached hydrogen (secondary N) is 1. The molecule has 0 heterocycles. The van der Waals surface area contributed by atoms with Gasteiger partial charge in [-0.05, 0) is 52.7 Å². The van der Waals surface area contributed by atoms with Crippen molar-refractivity contribution in [3.63, 3.8) is 0 Å². The van der Waals surface area contributed by atoms with Crippen LogP contribution in [0.4, 0.5) is 5.69 Å². The molecule has 4 rings (SSSR count). The fourth-order valence-corrected chi connectivity index (χ4v) is 3.15. The summed E-state index contributed by atoms with van der Waals surface area (Å²) >= 11 is 0. The molecule has 4 aromatic rings. The van der Waals surface area contributed by atoms with Crippen LogP contribution < -0.4 is 10.2 Å². The van der Waals surface area contributed by atoms with Crippen molar-refractivity contribution >= 4 is 28.6 Å². The van der Waals surface area contributed by atoms with Gasteiger partial charge in [-0.1, -0.05) is 42.5 Å². The Balaban J connectivity index is 1.40. The molecule has 0 bridgehead atoms. The molecule has 1 amide bonds. The highest BCUT2D eigenvalue weighted by Gasteiger charge is 2.07. The lowest BCUT2D eigenvalue weighted by atomic mass is 10.1. The average molecular weight is 425 g/mol. The summed E-state index contributed by atoms with van der Waals surface area (Å²) in [7, 11) is 0. The molecule has 0 fully saturated rings. The first kappa shape index (κ1) is 20.7. The molecule has 4 aromatic carbocycles. The molecule has 7 heteroatoms. The summed E-state index contributed by atoms with van der Waals surface area (Å²) in [6.45, 7) is 0.242. The predicted octanol–water partition coefficient (Wildman–Crippen LogP) is 5.09. The molecule has 0 unspecified atom stereocenters. The van der Waals surface area contributed by atoms with E-state index in [4.69, 9.17) is 4.74 Å². The molecular weight excluding hydrogens is 406 g/mol. The smallest absolute Gasteiger partial charge is 0.271 e. The zero-order valence-corrected chi connectivity index (χ0v) is 17.0. The summed E-state index contributed by atoms with van der Waals surface area (Å²) in [5.41, 5.74) is 4.58. The number of carbonyl (C=O) groups is 1. The first-order valence-electron chi connectivity index (χ1n) is 9.87. The van der Waals surface area contributed by atoms with E-state index in [1.807, 2.05) is 54.6 Å². The van der Waals surface area contributed by atoms with Crippen LogP contribution in [-0.2, 0) is 6.61 Å². The minimum Gasteiger partial charge on any atom is -0.488 e. The van der Waals surface area contributed by atoms with Crippen molar-refractivity contribution < 1.29 is 14.5 Å². The lowest BCUT2D eigenvalue weighted by molar-refractivity contribution is -0.384. The minimum atomic E-state index is -0.442. The van der Waals surface area contributed by atoms with E-state index in [1.54, 1.807) is 24.3 Å². The van der Waals surface area contributed by atoms with Gasteiger partial charge >= 0.3 is 0 Å². The minimum absolute atomic E-state index is 0.0310. The summed E-state index contributed by atoms with van der Waals surface area (Å²) in [6, 6.07) is 26.8. The van der Waals surface area contributed by atoms with Crippen LogP contribution in [0.25, 0.3) is 10.8 Å². The van der Waals surface area contributed by atoms with E-state index in [0.29, 0.717) is 16.9 Å². The first-order chi connectivity index (χ1) is 15.6. The van der Waals surface area contributed by atoms with Gasteiger partial charge in [0.2, 0.25) is 0 Å². The molecule has 1 N–H and O–H groups in total. The van der Waals surface area contributed by atoms with Gasteiger partial charge in [0.15, 0.2) is 0 Å². The number of para-hydroxylation sites is 1. The van der Waals surface area contributed by atoms with Gasteiger partial charge in [-0.25, -0.2) is 5.43 Å². The SMILES string of the molecule is O=C(N/N=C\c1ccccc1OCc1ccc([N+](=O)[O-])cc1)c1ccc2ccccc2c1. The van der Waals surface area contributed by atoms with E-state index in [2.05, 4.69) is 10.5 Å². The number of hydrogen-bond donors (Lipinski definition) is 1. The zero-order valence-electron chi connectivity index (χ0n) is 17.0. The molecule has 0 aliphatic rings. The van der Waals surface area contributed by atoms with E-state index >= 15 is 0 Å². The Morgan fingerprint density at radius 2 is 1.66 bits per heavy atom. The highest BCUT2D eigenvalue weighted by molar-refractivity contribution is 5.99. The van der Waals surface area contributed by atoms with Crippen LogP contribution in [0.3, 0.4) is 0 Å². The zero-order chi connectivity index (χ0) is 22.3. The fourth-order valence-electron chi connectivity index (χ4n) is 3.15. The number of hydrazone groups is 1. The largest absolute Gasteiger partial charge is 0.488 e. The Morgan fingerprint density at radius 3 is 2.44 bits per heavy atom. The number of non-ortho nitro benzene ring substituents is 1. The second kappa shape index (κ2) is 9.53. The molecule has 0 aliphatic carbocycles. The maximum absolute atomic E-state index is 12.4. The standard InChI is InChI=1S/C25H19N3O4/c29-25(21-12-11-19-5-1-2-6-20(19)15-21)27-26-16-22-7-3-4-8-24(22)32-17-18-9-13-23(14-10-18)28(30)31/h1-16H,17H2,(H,27,29)/b26-16-. The van der Waals surface area contributed by atoms with Crippen LogP contribution in [0.1, 0.15) is 21.5 Å². The topological polar surface area (TPSA) is 93.8 Å². The number of rotatable bonds is 7. The number of benzene rings is 4. The Kier molecular flexibility index (Phi) is 6.17. The van der Waals surface area contributed by atoms with Crippen LogP contribution in [0.2, 0.25) is 0 Å². The van der Waals surface area contributed by atoms with Gasteiger partial charge in [0.25, 0.3) is 11.6 Å². The van der Waals surface area contributed by atoms with Gasteiger partial charge in [0.05, 0.1) is 11.1 Å². The van der Waals surface area contributed by atoms with Crippen molar-refractivity contribution in [2.24, 2.45) is 5.10 Å². The van der Waals surface area contributed by atoms with Gasteiger partial charge in [-0.15, -0.1) is 0 Å². The lowest BCUT2D eigenvalue weighted by Gasteiger charge is -2.09. The van der Waals surface area contributed by atoms with Crippen molar-refractivity contribution in [1.29, 1.82) is 0 Å². The number of nitro benzene ring substituents is 1. The van der Waals surface area contributed by atoms with Gasteiger partial charge in [-0.3, -0.25) is 14.9 Å². The fraction of sp³-hybridized carbons (Fsp3) is 0.0400. The normalized spacial score (nSPS) is 10.9. The van der Waals surface area contributed by atoms with Gasteiger partial charge in [0, 0.05) is 23.3 Å². The van der Waals surface area contributed by atoms with Crippen LogP contribution in [0.5, 0.6) is 5.75 Å². The molecule has 0 aromatic heterocycles. The monoisotopic (exact) mass is 425 g/mol. The summed E-state index contributed by atoms with van der Waals surface area (Å²) in [5, 5.41) is 16.9. The van der Waals surface area contributed by atoms with Gasteiger partial charge in [-0.2, -0.15) is 5.10 Å². The van der Waals surface area contributed by atoms with E-state index in [9.17, 15) is 14.9 Å². The highest BCUT2D eigenvalue weighted by Crippen LogP contribution is 2.19. The third-order valence-electron chi connectivity index (χ3n) is 4.84. The third kappa shape index (κ3) is 4.96. The van der Waals surface area contributed by atoms with Crippen LogP contribution in [0.15, 0.2) is 96.1 Å². The predicted molar refractivity (Wildman–Crippen MR) is 123 cm³/mol. The average Bonchev–Trinajstić information content (AvgIpc) is 2.83. The summed E-state index contributed by atoms with van der Waals surface area (Å²) in [6.07, 6.45) is 1.52. The van der Waals surface area contributed by atoms with Gasteiger partial charge in [0.1, 0.15) is 12.4 Å². The molecule has 0 radical (unpaired) electrons. The van der Waals surface area contributed by atoms with Crippen LogP contribution in [0, 0.1) is 10.1 Å². The molecule has 0 atom stereocenters. The second-order valence-corrected chi connectivity index (χ2v) is 7.01. The van der Waals surface area contributed by atoms with Crippen molar-refractivity contribution in [1.82, 2.24) is 5.43 Å². The second-order valence-electron chi connectivity index (χ2n) is 7.01. The number of ether oxygens (including phenoxy) is 1. The maximum Gasteiger partial charge on any atom is 0.271 e. The highest BCUT2D eigenvalue weighted by atomic mass is 16.6. The molecule has 32 heavy (non-hydrogen) atoms. The van der Waals surface area contributed by atoms with E-state index in [1.165, 1.54) is 18.3 Å². The number of carbonyl (C=O) groups excluding carboxylic acids is 1. The van der Waals surface area contributed by atoms with E-state index in [-0.39, 0.29) is 18.2 Å². The van der Waals surface area contributed by atoms with Gasteiger partial charge < -0.3 is 4.74 Å². The number of nitro groups is 1. The lowest BCUT2D eigenvalue weighted by Crippen LogP contribution is -2.17.